The first-order valence-electron chi connectivity index (χ1n) is 9.78. The molecule has 0 spiro atoms. The van der Waals surface area contributed by atoms with E-state index in [9.17, 15) is 0 Å². The standard InChI is InChI=1S/C25H29NO2/c1-20-12-14-22(15-13-20)27-18-16-21-8-4-5-9-23(21)24-10-6-7-11-25(24)28-19-17-26(2)3/h4-15H,16-19H2,1-3H3. The molecule has 0 unspecified atom stereocenters. The Hall–Kier alpha value is -2.78. The molecule has 0 radical (unpaired) electrons. The first-order valence-corrected chi connectivity index (χ1v) is 9.78. The lowest BCUT2D eigenvalue weighted by Gasteiger charge is -2.16. The largest absolute Gasteiger partial charge is 0.493 e. The molecule has 3 aromatic rings. The van der Waals surface area contributed by atoms with E-state index in [1.807, 2.05) is 24.3 Å². The Kier molecular flexibility index (Phi) is 7.10. The van der Waals surface area contributed by atoms with Crippen molar-refractivity contribution in [2.75, 3.05) is 33.9 Å². The number of aryl methyl sites for hydroxylation is 1. The highest BCUT2D eigenvalue weighted by molar-refractivity contribution is 5.73. The molecule has 0 saturated carbocycles. The monoisotopic (exact) mass is 375 g/mol. The van der Waals surface area contributed by atoms with Crippen LogP contribution in [-0.4, -0.2) is 38.8 Å². The minimum atomic E-state index is 0.643. The molecule has 0 fully saturated rings. The summed E-state index contributed by atoms with van der Waals surface area (Å²) < 4.78 is 12.0. The number of benzene rings is 3. The Morgan fingerprint density at radius 2 is 1.39 bits per heavy atom. The van der Waals surface area contributed by atoms with Crippen molar-refractivity contribution in [1.82, 2.24) is 4.90 Å². The van der Waals surface area contributed by atoms with Gasteiger partial charge in [-0.05, 0) is 50.3 Å². The maximum atomic E-state index is 6.07. The summed E-state index contributed by atoms with van der Waals surface area (Å²) in [5.41, 5.74) is 4.84. The van der Waals surface area contributed by atoms with Crippen molar-refractivity contribution in [1.29, 1.82) is 0 Å². The number of rotatable bonds is 9. The fourth-order valence-electron chi connectivity index (χ4n) is 3.07. The van der Waals surface area contributed by atoms with Gasteiger partial charge in [-0.1, -0.05) is 60.2 Å². The molecule has 3 rings (SSSR count). The molecule has 0 heterocycles. The predicted octanol–water partition coefficient (Wildman–Crippen LogP) is 5.22. The number of hydrogen-bond donors (Lipinski definition) is 0. The molecule has 0 aliphatic heterocycles. The molecule has 3 nitrogen and oxygen atoms in total. The van der Waals surface area contributed by atoms with Crippen molar-refractivity contribution in [2.24, 2.45) is 0 Å². The molecule has 28 heavy (non-hydrogen) atoms. The molecule has 3 heteroatoms. The fourth-order valence-corrected chi connectivity index (χ4v) is 3.07. The number of para-hydroxylation sites is 1. The zero-order valence-electron chi connectivity index (χ0n) is 17.0. The minimum Gasteiger partial charge on any atom is -0.493 e. The van der Waals surface area contributed by atoms with Crippen molar-refractivity contribution >= 4 is 0 Å². The van der Waals surface area contributed by atoms with Gasteiger partial charge in [0.25, 0.3) is 0 Å². The number of likely N-dealkylation sites (N-methyl/N-ethyl adjacent to an activating group) is 1. The van der Waals surface area contributed by atoms with Crippen molar-refractivity contribution in [2.45, 2.75) is 13.3 Å². The molecule has 3 aromatic carbocycles. The van der Waals surface area contributed by atoms with Gasteiger partial charge in [0.1, 0.15) is 18.1 Å². The minimum absolute atomic E-state index is 0.643. The predicted molar refractivity (Wildman–Crippen MR) is 116 cm³/mol. The second-order valence-corrected chi connectivity index (χ2v) is 7.22. The Morgan fingerprint density at radius 1 is 0.714 bits per heavy atom. The van der Waals surface area contributed by atoms with Crippen LogP contribution in [0.5, 0.6) is 11.5 Å². The van der Waals surface area contributed by atoms with Crippen molar-refractivity contribution in [3.8, 4) is 22.6 Å². The quantitative estimate of drug-likeness (QED) is 0.511. The molecule has 0 N–H and O–H groups in total. The van der Waals surface area contributed by atoms with Crippen LogP contribution in [0.25, 0.3) is 11.1 Å². The zero-order valence-corrected chi connectivity index (χ0v) is 17.0. The van der Waals surface area contributed by atoms with Crippen LogP contribution in [0.2, 0.25) is 0 Å². The van der Waals surface area contributed by atoms with Gasteiger partial charge in [-0.25, -0.2) is 0 Å². The van der Waals surface area contributed by atoms with Gasteiger partial charge in [-0.3, -0.25) is 0 Å². The Labute approximate surface area is 168 Å². The van der Waals surface area contributed by atoms with Crippen molar-refractivity contribution in [3.05, 3.63) is 83.9 Å². The number of hydrogen-bond acceptors (Lipinski definition) is 3. The van der Waals surface area contributed by atoms with E-state index in [-0.39, 0.29) is 0 Å². The Balaban J connectivity index is 1.72. The average molecular weight is 376 g/mol. The Morgan fingerprint density at radius 3 is 2.14 bits per heavy atom. The van der Waals surface area contributed by atoms with E-state index in [4.69, 9.17) is 9.47 Å². The second-order valence-electron chi connectivity index (χ2n) is 7.22. The van der Waals surface area contributed by atoms with E-state index in [2.05, 4.69) is 74.4 Å². The molecule has 0 amide bonds. The van der Waals surface area contributed by atoms with Crippen LogP contribution >= 0.6 is 0 Å². The summed E-state index contributed by atoms with van der Waals surface area (Å²) >= 11 is 0. The third-order valence-corrected chi connectivity index (χ3v) is 4.65. The molecule has 0 aromatic heterocycles. The van der Waals surface area contributed by atoms with Crippen LogP contribution in [0.4, 0.5) is 0 Å². The van der Waals surface area contributed by atoms with Crippen LogP contribution < -0.4 is 9.47 Å². The summed E-state index contributed by atoms with van der Waals surface area (Å²) in [5, 5.41) is 0. The van der Waals surface area contributed by atoms with Crippen LogP contribution in [0.1, 0.15) is 11.1 Å². The molecular formula is C25H29NO2. The normalized spacial score (nSPS) is 10.9. The van der Waals surface area contributed by atoms with Gasteiger partial charge in [0.15, 0.2) is 0 Å². The van der Waals surface area contributed by atoms with Gasteiger partial charge in [0, 0.05) is 18.5 Å². The van der Waals surface area contributed by atoms with E-state index >= 15 is 0 Å². The van der Waals surface area contributed by atoms with Gasteiger partial charge in [-0.2, -0.15) is 0 Å². The smallest absolute Gasteiger partial charge is 0.127 e. The molecule has 0 bridgehead atoms. The highest BCUT2D eigenvalue weighted by atomic mass is 16.5. The number of ether oxygens (including phenoxy) is 2. The van der Waals surface area contributed by atoms with Gasteiger partial charge in [0.2, 0.25) is 0 Å². The Bertz CT molecular complexity index is 872. The molecule has 0 saturated heterocycles. The van der Waals surface area contributed by atoms with Crippen LogP contribution in [-0.2, 0) is 6.42 Å². The highest BCUT2D eigenvalue weighted by Crippen LogP contribution is 2.32. The summed E-state index contributed by atoms with van der Waals surface area (Å²) in [7, 11) is 4.11. The molecule has 0 atom stereocenters. The topological polar surface area (TPSA) is 21.7 Å². The average Bonchev–Trinajstić information content (AvgIpc) is 2.70. The number of nitrogens with zero attached hydrogens (tertiary/aromatic N) is 1. The van der Waals surface area contributed by atoms with Gasteiger partial charge in [-0.15, -0.1) is 0 Å². The third-order valence-electron chi connectivity index (χ3n) is 4.65. The summed E-state index contributed by atoms with van der Waals surface area (Å²) in [6.45, 7) is 4.28. The zero-order chi connectivity index (χ0) is 19.8. The second kappa shape index (κ2) is 9.95. The third kappa shape index (κ3) is 5.61. The lowest BCUT2D eigenvalue weighted by atomic mass is 9.97. The van der Waals surface area contributed by atoms with Gasteiger partial charge in [0.05, 0.1) is 6.61 Å². The molecule has 146 valence electrons. The van der Waals surface area contributed by atoms with Crippen LogP contribution in [0.15, 0.2) is 72.8 Å². The van der Waals surface area contributed by atoms with Crippen molar-refractivity contribution in [3.63, 3.8) is 0 Å². The van der Waals surface area contributed by atoms with E-state index < -0.39 is 0 Å². The maximum Gasteiger partial charge on any atom is 0.127 e. The lowest BCUT2D eigenvalue weighted by molar-refractivity contribution is 0.262. The van der Waals surface area contributed by atoms with E-state index in [0.717, 1.165) is 30.0 Å². The van der Waals surface area contributed by atoms with Gasteiger partial charge < -0.3 is 14.4 Å². The van der Waals surface area contributed by atoms with Crippen molar-refractivity contribution < 1.29 is 9.47 Å². The fraction of sp³-hybridized carbons (Fsp3) is 0.280. The lowest BCUT2D eigenvalue weighted by Crippen LogP contribution is -2.19. The van der Waals surface area contributed by atoms with E-state index in [0.29, 0.717) is 13.2 Å². The van der Waals surface area contributed by atoms with E-state index in [1.54, 1.807) is 0 Å². The maximum absolute atomic E-state index is 6.07. The summed E-state index contributed by atoms with van der Waals surface area (Å²) in [5.74, 6) is 1.84. The first kappa shape index (κ1) is 20.0. The van der Waals surface area contributed by atoms with E-state index in [1.165, 1.54) is 16.7 Å². The first-order chi connectivity index (χ1) is 13.6. The summed E-state index contributed by atoms with van der Waals surface area (Å²) in [6.07, 6.45) is 0.843. The van der Waals surface area contributed by atoms with Crippen LogP contribution in [0, 0.1) is 6.92 Å². The summed E-state index contributed by atoms with van der Waals surface area (Å²) in [4.78, 5) is 2.12. The van der Waals surface area contributed by atoms with Gasteiger partial charge >= 0.3 is 0 Å². The molecular weight excluding hydrogens is 346 g/mol. The SMILES string of the molecule is Cc1ccc(OCCc2ccccc2-c2ccccc2OCCN(C)C)cc1. The summed E-state index contributed by atoms with van der Waals surface area (Å²) in [6, 6.07) is 25.0. The molecule has 0 aliphatic carbocycles. The highest BCUT2D eigenvalue weighted by Gasteiger charge is 2.10. The molecule has 0 aliphatic rings. The van der Waals surface area contributed by atoms with Crippen LogP contribution in [0.3, 0.4) is 0 Å².